The number of hydrogen-bond acceptors (Lipinski definition) is 4. The first-order valence-electron chi connectivity index (χ1n) is 9.65. The Morgan fingerprint density at radius 2 is 1.67 bits per heavy atom. The molecule has 0 saturated carbocycles. The summed E-state index contributed by atoms with van der Waals surface area (Å²) in [6.45, 7) is 4.02. The van der Waals surface area contributed by atoms with E-state index in [1.165, 1.54) is 11.8 Å². The Labute approximate surface area is 180 Å². The summed E-state index contributed by atoms with van der Waals surface area (Å²) in [6, 6.07) is 23.5. The van der Waals surface area contributed by atoms with E-state index in [4.69, 9.17) is 9.73 Å². The van der Waals surface area contributed by atoms with E-state index in [2.05, 4.69) is 0 Å². The highest BCUT2D eigenvalue weighted by Crippen LogP contribution is 2.39. The van der Waals surface area contributed by atoms with Gasteiger partial charge in [0.15, 0.2) is 5.17 Å². The number of amidine groups is 1. The zero-order chi connectivity index (χ0) is 21.1. The molecule has 150 valence electrons. The van der Waals surface area contributed by atoms with Gasteiger partial charge in [-0.15, -0.1) is 0 Å². The smallest absolute Gasteiger partial charge is 0.271 e. The van der Waals surface area contributed by atoms with Crippen molar-refractivity contribution in [1.82, 2.24) is 0 Å². The van der Waals surface area contributed by atoms with Crippen molar-refractivity contribution in [2.24, 2.45) is 4.99 Å². The standard InChI is InChI=1S/C25H22N2O2S/c1-17-9-4-6-13-21(17)26-25-27(22-14-7-5-10-18(22)2)24(28)23(30-25)16-19-11-8-12-20(15-19)29-3/h4-16H,1-3H3. The topological polar surface area (TPSA) is 41.9 Å². The summed E-state index contributed by atoms with van der Waals surface area (Å²) in [5.41, 5.74) is 4.69. The van der Waals surface area contributed by atoms with Crippen LogP contribution in [0.3, 0.4) is 0 Å². The predicted octanol–water partition coefficient (Wildman–Crippen LogP) is 6.12. The van der Waals surface area contributed by atoms with Crippen LogP contribution in [0.25, 0.3) is 6.08 Å². The van der Waals surface area contributed by atoms with Gasteiger partial charge in [0, 0.05) is 0 Å². The second-order valence-electron chi connectivity index (χ2n) is 7.00. The van der Waals surface area contributed by atoms with Crippen molar-refractivity contribution in [3.05, 3.63) is 94.4 Å². The maximum absolute atomic E-state index is 13.4. The molecule has 0 spiro atoms. The monoisotopic (exact) mass is 414 g/mol. The number of hydrogen-bond donors (Lipinski definition) is 0. The number of ether oxygens (including phenoxy) is 1. The molecular formula is C25H22N2O2S. The first-order chi connectivity index (χ1) is 14.6. The second kappa shape index (κ2) is 8.59. The van der Waals surface area contributed by atoms with Crippen molar-refractivity contribution in [3.8, 4) is 5.75 Å². The molecule has 3 aromatic rings. The van der Waals surface area contributed by atoms with Gasteiger partial charge in [-0.1, -0.05) is 48.5 Å². The molecule has 0 N–H and O–H groups in total. The largest absolute Gasteiger partial charge is 0.497 e. The Kier molecular flexibility index (Phi) is 5.72. The zero-order valence-electron chi connectivity index (χ0n) is 17.1. The van der Waals surface area contributed by atoms with Crippen LogP contribution < -0.4 is 9.64 Å². The number of aliphatic imine (C=N–C) groups is 1. The highest BCUT2D eigenvalue weighted by molar-refractivity contribution is 8.19. The van der Waals surface area contributed by atoms with Crippen LogP contribution in [-0.2, 0) is 4.79 Å². The van der Waals surface area contributed by atoms with Crippen LogP contribution >= 0.6 is 11.8 Å². The fourth-order valence-corrected chi connectivity index (χ4v) is 4.24. The second-order valence-corrected chi connectivity index (χ2v) is 8.00. The van der Waals surface area contributed by atoms with E-state index < -0.39 is 0 Å². The van der Waals surface area contributed by atoms with Crippen LogP contribution in [-0.4, -0.2) is 18.2 Å². The third-order valence-electron chi connectivity index (χ3n) is 4.89. The van der Waals surface area contributed by atoms with E-state index in [1.54, 1.807) is 12.0 Å². The van der Waals surface area contributed by atoms with Gasteiger partial charge in [-0.25, -0.2) is 4.99 Å². The molecule has 1 aliphatic rings. The number of aryl methyl sites for hydroxylation is 2. The normalized spacial score (nSPS) is 16.5. The van der Waals surface area contributed by atoms with Crippen LogP contribution in [0, 0.1) is 13.8 Å². The molecule has 1 fully saturated rings. The van der Waals surface area contributed by atoms with Gasteiger partial charge in [0.2, 0.25) is 0 Å². The number of nitrogens with zero attached hydrogens (tertiary/aromatic N) is 2. The molecule has 1 heterocycles. The fourth-order valence-electron chi connectivity index (χ4n) is 3.25. The molecule has 0 bridgehead atoms. The Morgan fingerprint density at radius 1 is 0.933 bits per heavy atom. The van der Waals surface area contributed by atoms with Crippen LogP contribution in [0.15, 0.2) is 82.7 Å². The lowest BCUT2D eigenvalue weighted by atomic mass is 10.1. The van der Waals surface area contributed by atoms with Crippen molar-refractivity contribution in [2.75, 3.05) is 12.0 Å². The molecule has 3 aromatic carbocycles. The third kappa shape index (κ3) is 4.02. The van der Waals surface area contributed by atoms with Gasteiger partial charge in [0.25, 0.3) is 5.91 Å². The lowest BCUT2D eigenvalue weighted by molar-refractivity contribution is -0.113. The number of benzene rings is 3. The van der Waals surface area contributed by atoms with Crippen molar-refractivity contribution in [1.29, 1.82) is 0 Å². The molecular weight excluding hydrogens is 392 g/mol. The number of carbonyl (C=O) groups is 1. The lowest BCUT2D eigenvalue weighted by Gasteiger charge is -2.18. The van der Waals surface area contributed by atoms with Crippen molar-refractivity contribution < 1.29 is 9.53 Å². The number of para-hydroxylation sites is 2. The fraction of sp³-hybridized carbons (Fsp3) is 0.120. The Bertz CT molecular complexity index is 1170. The van der Waals surface area contributed by atoms with Gasteiger partial charge in [-0.3, -0.25) is 9.69 Å². The van der Waals surface area contributed by atoms with Gasteiger partial charge in [-0.2, -0.15) is 0 Å². The number of carbonyl (C=O) groups excluding carboxylic acids is 1. The average Bonchev–Trinajstić information content (AvgIpc) is 3.05. The summed E-state index contributed by atoms with van der Waals surface area (Å²) in [5, 5.41) is 0.651. The first-order valence-corrected chi connectivity index (χ1v) is 10.5. The van der Waals surface area contributed by atoms with Crippen molar-refractivity contribution in [3.63, 3.8) is 0 Å². The van der Waals surface area contributed by atoms with Gasteiger partial charge < -0.3 is 4.74 Å². The van der Waals surface area contributed by atoms with Gasteiger partial charge in [-0.05, 0) is 72.6 Å². The van der Waals surface area contributed by atoms with Gasteiger partial charge in [0.05, 0.1) is 23.4 Å². The van der Waals surface area contributed by atoms with E-state index in [-0.39, 0.29) is 5.91 Å². The van der Waals surface area contributed by atoms with Gasteiger partial charge in [0.1, 0.15) is 5.75 Å². The van der Waals surface area contributed by atoms with Crippen LogP contribution in [0.4, 0.5) is 11.4 Å². The lowest BCUT2D eigenvalue weighted by Crippen LogP contribution is -2.29. The Morgan fingerprint density at radius 3 is 2.40 bits per heavy atom. The Balaban J connectivity index is 1.81. The number of amides is 1. The molecule has 0 aliphatic carbocycles. The summed E-state index contributed by atoms with van der Waals surface area (Å²) < 4.78 is 5.31. The molecule has 0 unspecified atom stereocenters. The summed E-state index contributed by atoms with van der Waals surface area (Å²) in [6.07, 6.45) is 1.89. The first kappa shape index (κ1) is 20.0. The van der Waals surface area contributed by atoms with Crippen LogP contribution in [0.1, 0.15) is 16.7 Å². The number of methoxy groups -OCH3 is 1. The predicted molar refractivity (Wildman–Crippen MR) is 126 cm³/mol. The number of thioether (sulfide) groups is 1. The number of rotatable bonds is 4. The molecule has 1 saturated heterocycles. The number of anilines is 1. The summed E-state index contributed by atoms with van der Waals surface area (Å²) in [7, 11) is 1.63. The van der Waals surface area contributed by atoms with Crippen LogP contribution in [0.5, 0.6) is 5.75 Å². The third-order valence-corrected chi connectivity index (χ3v) is 5.85. The molecule has 0 radical (unpaired) electrons. The van der Waals surface area contributed by atoms with E-state index in [9.17, 15) is 4.79 Å². The molecule has 4 nitrogen and oxygen atoms in total. The molecule has 30 heavy (non-hydrogen) atoms. The molecule has 0 atom stereocenters. The zero-order valence-corrected chi connectivity index (χ0v) is 17.9. The van der Waals surface area contributed by atoms with E-state index in [1.807, 2.05) is 92.7 Å². The Hall–Kier alpha value is -3.31. The van der Waals surface area contributed by atoms with Crippen LogP contribution in [0.2, 0.25) is 0 Å². The SMILES string of the molecule is COc1cccc(C=C2SC(=Nc3ccccc3C)N(c3ccccc3C)C2=O)c1. The van der Waals surface area contributed by atoms with E-state index >= 15 is 0 Å². The van der Waals surface area contributed by atoms with Crippen molar-refractivity contribution in [2.45, 2.75) is 13.8 Å². The van der Waals surface area contributed by atoms with Gasteiger partial charge >= 0.3 is 0 Å². The minimum Gasteiger partial charge on any atom is -0.497 e. The van der Waals surface area contributed by atoms with Crippen molar-refractivity contribution >= 4 is 40.3 Å². The minimum atomic E-state index is -0.0792. The molecule has 5 heteroatoms. The highest BCUT2D eigenvalue weighted by atomic mass is 32.2. The molecule has 1 amide bonds. The maximum Gasteiger partial charge on any atom is 0.271 e. The summed E-state index contributed by atoms with van der Waals surface area (Å²) in [5.74, 6) is 0.675. The molecule has 1 aliphatic heterocycles. The molecule has 0 aromatic heterocycles. The van der Waals surface area contributed by atoms with E-state index in [0.29, 0.717) is 10.1 Å². The average molecular weight is 415 g/mol. The van der Waals surface area contributed by atoms with E-state index in [0.717, 1.165) is 33.8 Å². The minimum absolute atomic E-state index is 0.0792. The molecule has 4 rings (SSSR count). The summed E-state index contributed by atoms with van der Waals surface area (Å²) >= 11 is 1.39. The summed E-state index contributed by atoms with van der Waals surface area (Å²) in [4.78, 5) is 20.6. The quantitative estimate of drug-likeness (QED) is 0.483. The maximum atomic E-state index is 13.4. The highest BCUT2D eigenvalue weighted by Gasteiger charge is 2.35.